The van der Waals surface area contributed by atoms with E-state index in [2.05, 4.69) is 5.32 Å². The van der Waals surface area contributed by atoms with Crippen molar-refractivity contribution in [3.63, 3.8) is 0 Å². The molecule has 0 aromatic carbocycles. The standard InChI is InChI=1S/C14H24N2O2S2/c1-3-15-11-13-14(8-10-19-13)20(17,18)16-9-6-4-5-7-12(16)2/h8,10,12,15H,3-7,9,11H2,1-2H3. The molecule has 20 heavy (non-hydrogen) atoms. The summed E-state index contributed by atoms with van der Waals surface area (Å²) < 4.78 is 27.5. The molecule has 0 saturated carbocycles. The molecule has 6 heteroatoms. The number of hydrogen-bond acceptors (Lipinski definition) is 4. The van der Waals surface area contributed by atoms with Crippen LogP contribution in [0.2, 0.25) is 0 Å². The fraction of sp³-hybridized carbons (Fsp3) is 0.714. The fourth-order valence-corrected chi connectivity index (χ4v) is 5.74. The number of nitrogens with zero attached hydrogens (tertiary/aromatic N) is 1. The second kappa shape index (κ2) is 7.02. The quantitative estimate of drug-likeness (QED) is 0.909. The molecule has 1 saturated heterocycles. The van der Waals surface area contributed by atoms with E-state index in [1.165, 1.54) is 11.3 Å². The molecule has 1 aromatic rings. The molecule has 1 unspecified atom stereocenters. The zero-order valence-corrected chi connectivity index (χ0v) is 13.9. The van der Waals surface area contributed by atoms with Crippen LogP contribution in [0.4, 0.5) is 0 Å². The van der Waals surface area contributed by atoms with Crippen molar-refractivity contribution in [2.45, 2.75) is 57.0 Å². The maximum Gasteiger partial charge on any atom is 0.244 e. The summed E-state index contributed by atoms with van der Waals surface area (Å²) in [4.78, 5) is 1.42. The highest BCUT2D eigenvalue weighted by Gasteiger charge is 2.31. The Morgan fingerprint density at radius 3 is 2.95 bits per heavy atom. The number of sulfonamides is 1. The zero-order chi connectivity index (χ0) is 14.6. The highest BCUT2D eigenvalue weighted by Crippen LogP contribution is 2.29. The van der Waals surface area contributed by atoms with Gasteiger partial charge in [-0.25, -0.2) is 8.42 Å². The van der Waals surface area contributed by atoms with Gasteiger partial charge >= 0.3 is 0 Å². The summed E-state index contributed by atoms with van der Waals surface area (Å²) in [7, 11) is -3.35. The molecule has 0 spiro atoms. The van der Waals surface area contributed by atoms with Gasteiger partial charge in [0.15, 0.2) is 0 Å². The van der Waals surface area contributed by atoms with Gasteiger partial charge in [-0.3, -0.25) is 0 Å². The SMILES string of the molecule is CCNCc1sccc1S(=O)(=O)N1CCCCCC1C. The number of thiophene rings is 1. The highest BCUT2D eigenvalue weighted by molar-refractivity contribution is 7.89. The number of hydrogen-bond donors (Lipinski definition) is 1. The van der Waals surface area contributed by atoms with Gasteiger partial charge in [0.25, 0.3) is 0 Å². The molecule has 1 aromatic heterocycles. The van der Waals surface area contributed by atoms with E-state index in [9.17, 15) is 8.42 Å². The first-order chi connectivity index (χ1) is 9.57. The molecule has 2 heterocycles. The zero-order valence-electron chi connectivity index (χ0n) is 12.3. The molecule has 1 aliphatic heterocycles. The van der Waals surface area contributed by atoms with E-state index >= 15 is 0 Å². The molecule has 0 bridgehead atoms. The monoisotopic (exact) mass is 316 g/mol. The molecule has 1 atom stereocenters. The van der Waals surface area contributed by atoms with Gasteiger partial charge in [0.05, 0.1) is 4.90 Å². The van der Waals surface area contributed by atoms with Gasteiger partial charge in [0.1, 0.15) is 0 Å². The lowest BCUT2D eigenvalue weighted by Gasteiger charge is -2.26. The summed E-state index contributed by atoms with van der Waals surface area (Å²) in [6, 6.07) is 1.86. The van der Waals surface area contributed by atoms with Gasteiger partial charge in [-0.2, -0.15) is 4.31 Å². The molecule has 114 valence electrons. The van der Waals surface area contributed by atoms with E-state index in [1.54, 1.807) is 10.4 Å². The Morgan fingerprint density at radius 1 is 1.40 bits per heavy atom. The van der Waals surface area contributed by atoms with Crippen LogP contribution in [0, 0.1) is 0 Å². The highest BCUT2D eigenvalue weighted by atomic mass is 32.2. The van der Waals surface area contributed by atoms with Gasteiger partial charge in [0, 0.05) is 24.0 Å². The van der Waals surface area contributed by atoms with Crippen LogP contribution in [0.1, 0.15) is 44.4 Å². The maximum atomic E-state index is 12.9. The first kappa shape index (κ1) is 15.9. The minimum Gasteiger partial charge on any atom is -0.312 e. The molecule has 0 aliphatic carbocycles. The Balaban J connectivity index is 2.27. The van der Waals surface area contributed by atoms with E-state index in [4.69, 9.17) is 0 Å². The van der Waals surface area contributed by atoms with Gasteiger partial charge in [0.2, 0.25) is 10.0 Å². The second-order valence-electron chi connectivity index (χ2n) is 5.30. The predicted octanol–water partition coefficient (Wildman–Crippen LogP) is 2.81. The van der Waals surface area contributed by atoms with E-state index in [1.807, 2.05) is 19.2 Å². The van der Waals surface area contributed by atoms with E-state index in [-0.39, 0.29) is 6.04 Å². The van der Waals surface area contributed by atoms with Crippen LogP contribution < -0.4 is 5.32 Å². The molecule has 0 radical (unpaired) electrons. The number of nitrogens with one attached hydrogen (secondary N) is 1. The average Bonchev–Trinajstić information content (AvgIpc) is 2.78. The van der Waals surface area contributed by atoms with E-state index in [0.717, 1.165) is 37.1 Å². The summed E-state index contributed by atoms with van der Waals surface area (Å²) in [5.41, 5.74) is 0. The van der Waals surface area contributed by atoms with E-state index in [0.29, 0.717) is 18.0 Å². The van der Waals surface area contributed by atoms with Crippen molar-refractivity contribution in [2.24, 2.45) is 0 Å². The lowest BCUT2D eigenvalue weighted by molar-refractivity contribution is 0.342. The van der Waals surface area contributed by atoms with Crippen LogP contribution in [-0.2, 0) is 16.6 Å². The molecule has 4 nitrogen and oxygen atoms in total. The van der Waals surface area contributed by atoms with Crippen molar-refractivity contribution in [3.8, 4) is 0 Å². The third-order valence-electron chi connectivity index (χ3n) is 3.82. The summed E-state index contributed by atoms with van der Waals surface area (Å²) in [6.45, 7) is 6.18. The Kier molecular flexibility index (Phi) is 5.60. The molecule has 0 amide bonds. The maximum absolute atomic E-state index is 12.9. The molecule has 1 N–H and O–H groups in total. The predicted molar refractivity (Wildman–Crippen MR) is 83.5 cm³/mol. The summed E-state index contributed by atoms with van der Waals surface area (Å²) in [6.07, 6.45) is 4.19. The van der Waals surface area contributed by atoms with Crippen molar-refractivity contribution in [3.05, 3.63) is 16.3 Å². The molecule has 1 fully saturated rings. The van der Waals surface area contributed by atoms with Crippen LogP contribution in [0.15, 0.2) is 16.3 Å². The van der Waals surface area contributed by atoms with Crippen LogP contribution in [0.5, 0.6) is 0 Å². The third kappa shape index (κ3) is 3.42. The topological polar surface area (TPSA) is 49.4 Å². The fourth-order valence-electron chi connectivity index (χ4n) is 2.66. The third-order valence-corrected chi connectivity index (χ3v) is 6.97. The molecular weight excluding hydrogens is 292 g/mol. The molecular formula is C14H24N2O2S2. The lowest BCUT2D eigenvalue weighted by Crippen LogP contribution is -2.38. The Bertz CT molecular complexity index is 525. The Morgan fingerprint density at radius 2 is 2.20 bits per heavy atom. The van der Waals surface area contributed by atoms with Crippen molar-refractivity contribution >= 4 is 21.4 Å². The van der Waals surface area contributed by atoms with Crippen molar-refractivity contribution in [1.29, 1.82) is 0 Å². The van der Waals surface area contributed by atoms with E-state index < -0.39 is 10.0 Å². The van der Waals surface area contributed by atoms with Crippen LogP contribution in [0.25, 0.3) is 0 Å². The van der Waals surface area contributed by atoms with Crippen molar-refractivity contribution in [2.75, 3.05) is 13.1 Å². The largest absolute Gasteiger partial charge is 0.312 e. The minimum absolute atomic E-state index is 0.106. The van der Waals surface area contributed by atoms with Crippen LogP contribution >= 0.6 is 11.3 Å². The molecule has 2 rings (SSSR count). The van der Waals surface area contributed by atoms with Crippen molar-refractivity contribution in [1.82, 2.24) is 9.62 Å². The average molecular weight is 316 g/mol. The summed E-state index contributed by atoms with van der Waals surface area (Å²) in [5.74, 6) is 0. The van der Waals surface area contributed by atoms with Gasteiger partial charge in [-0.1, -0.05) is 19.8 Å². The number of rotatable bonds is 5. The van der Waals surface area contributed by atoms with Gasteiger partial charge < -0.3 is 5.32 Å². The van der Waals surface area contributed by atoms with Gasteiger partial charge in [-0.15, -0.1) is 11.3 Å². The minimum atomic E-state index is -3.35. The first-order valence-corrected chi connectivity index (χ1v) is 9.68. The molecule has 1 aliphatic rings. The smallest absolute Gasteiger partial charge is 0.244 e. The van der Waals surface area contributed by atoms with Crippen LogP contribution in [0.3, 0.4) is 0 Å². The summed E-state index contributed by atoms with van der Waals surface area (Å²) >= 11 is 1.52. The normalized spacial score (nSPS) is 21.8. The van der Waals surface area contributed by atoms with Crippen LogP contribution in [-0.4, -0.2) is 31.9 Å². The second-order valence-corrected chi connectivity index (χ2v) is 8.16. The first-order valence-electron chi connectivity index (χ1n) is 7.36. The Labute approximate surface area is 126 Å². The Hall–Kier alpha value is -0.430. The van der Waals surface area contributed by atoms with Crippen molar-refractivity contribution < 1.29 is 8.42 Å². The van der Waals surface area contributed by atoms with Gasteiger partial charge in [-0.05, 0) is 37.8 Å². The summed E-state index contributed by atoms with van der Waals surface area (Å²) in [5, 5.41) is 5.09. The lowest BCUT2D eigenvalue weighted by atomic mass is 10.1.